The summed E-state index contributed by atoms with van der Waals surface area (Å²) >= 11 is 2.53. The van der Waals surface area contributed by atoms with Crippen LogP contribution < -0.4 is 14.9 Å². The number of hydrogen-bond acceptors (Lipinski definition) is 9. The monoisotopic (exact) mass is 566 g/mol. The van der Waals surface area contributed by atoms with Gasteiger partial charge in [0.05, 0.1) is 28.5 Å². The number of nitrogens with zero attached hydrogens (tertiary/aromatic N) is 4. The lowest BCUT2D eigenvalue weighted by atomic mass is 9.93. The van der Waals surface area contributed by atoms with Gasteiger partial charge in [-0.3, -0.25) is 9.36 Å². The molecule has 1 atom stereocenters. The Morgan fingerprint density at radius 3 is 2.48 bits per heavy atom. The van der Waals surface area contributed by atoms with E-state index in [0.717, 1.165) is 11.1 Å². The van der Waals surface area contributed by atoms with Crippen molar-refractivity contribution in [3.05, 3.63) is 133 Å². The molecule has 0 saturated carbocycles. The van der Waals surface area contributed by atoms with Gasteiger partial charge in [-0.2, -0.15) is 0 Å². The molecule has 8 nitrogen and oxygen atoms in total. The Balaban J connectivity index is 1.51. The molecule has 1 aliphatic heterocycles. The minimum Gasteiger partial charge on any atom is -0.463 e. The first-order chi connectivity index (χ1) is 19.6. The average Bonchev–Trinajstić information content (AvgIpc) is 3.56. The van der Waals surface area contributed by atoms with E-state index in [1.165, 1.54) is 23.1 Å². The summed E-state index contributed by atoms with van der Waals surface area (Å²) in [6.45, 7) is 1.95. The van der Waals surface area contributed by atoms with E-state index in [4.69, 9.17) is 14.1 Å². The molecule has 0 N–H and O–H groups in total. The van der Waals surface area contributed by atoms with Crippen molar-refractivity contribution in [1.29, 1.82) is 0 Å². The normalized spacial score (nSPS) is 15.0. The summed E-state index contributed by atoms with van der Waals surface area (Å²) < 4.78 is 13.4. The number of hydrogen-bond donors (Lipinski definition) is 0. The molecule has 4 heterocycles. The van der Waals surface area contributed by atoms with Crippen LogP contribution in [0.1, 0.15) is 29.9 Å². The quantitative estimate of drug-likeness (QED) is 0.212. The third kappa shape index (κ3) is 5.06. The van der Waals surface area contributed by atoms with Gasteiger partial charge in [-0.05, 0) is 42.4 Å². The largest absolute Gasteiger partial charge is 0.463 e. The number of fused-ring (bicyclic) bond motifs is 1. The molecule has 0 spiro atoms. The topological polar surface area (TPSA) is 99.6 Å². The van der Waals surface area contributed by atoms with Crippen molar-refractivity contribution in [2.45, 2.75) is 23.2 Å². The first-order valence-corrected chi connectivity index (χ1v) is 14.1. The van der Waals surface area contributed by atoms with Crippen molar-refractivity contribution in [2.24, 2.45) is 4.99 Å². The summed E-state index contributed by atoms with van der Waals surface area (Å²) in [6.07, 6.45) is 5.02. The molecule has 2 aromatic carbocycles. The van der Waals surface area contributed by atoms with Crippen LogP contribution in [0.4, 0.5) is 0 Å². The summed E-state index contributed by atoms with van der Waals surface area (Å²) in [5, 5.41) is 1.16. The molecule has 10 heteroatoms. The Morgan fingerprint density at radius 1 is 1.02 bits per heavy atom. The van der Waals surface area contributed by atoms with Crippen molar-refractivity contribution in [3.8, 4) is 0 Å². The first-order valence-electron chi connectivity index (χ1n) is 12.5. The van der Waals surface area contributed by atoms with E-state index in [-0.39, 0.29) is 12.2 Å². The Labute approximate surface area is 237 Å². The molecule has 0 aliphatic carbocycles. The number of carbonyl (C=O) groups is 1. The fourth-order valence-electron chi connectivity index (χ4n) is 4.42. The van der Waals surface area contributed by atoms with Gasteiger partial charge >= 0.3 is 5.97 Å². The Kier molecular flexibility index (Phi) is 7.26. The van der Waals surface area contributed by atoms with Crippen LogP contribution in [0, 0.1) is 0 Å². The molecule has 1 aliphatic rings. The molecule has 3 aromatic heterocycles. The minimum absolute atomic E-state index is 0.198. The van der Waals surface area contributed by atoms with Crippen molar-refractivity contribution in [2.75, 3.05) is 6.61 Å². The molecular formula is C30H22N4O4S2. The van der Waals surface area contributed by atoms with Crippen LogP contribution in [-0.4, -0.2) is 27.1 Å². The number of esters is 1. The maximum atomic E-state index is 13.9. The third-order valence-electron chi connectivity index (χ3n) is 6.10. The van der Waals surface area contributed by atoms with Gasteiger partial charge in [-0.1, -0.05) is 72.0 Å². The summed E-state index contributed by atoms with van der Waals surface area (Å²) in [5.74, 6) is -0.00286. The van der Waals surface area contributed by atoms with E-state index in [1.807, 2.05) is 66.7 Å². The lowest BCUT2D eigenvalue weighted by Crippen LogP contribution is -2.39. The number of carbonyl (C=O) groups excluding carboxylic acids is 1. The highest BCUT2D eigenvalue weighted by atomic mass is 32.2. The third-order valence-corrected chi connectivity index (χ3v) is 7.90. The van der Waals surface area contributed by atoms with Gasteiger partial charge < -0.3 is 9.15 Å². The fourth-order valence-corrected chi connectivity index (χ4v) is 6.08. The van der Waals surface area contributed by atoms with Gasteiger partial charge in [-0.25, -0.2) is 19.8 Å². The zero-order chi connectivity index (χ0) is 27.5. The van der Waals surface area contributed by atoms with Crippen LogP contribution in [0.5, 0.6) is 0 Å². The summed E-state index contributed by atoms with van der Waals surface area (Å²) in [5.41, 5.74) is 2.07. The van der Waals surface area contributed by atoms with E-state index >= 15 is 0 Å². The molecule has 6 rings (SSSR count). The zero-order valence-corrected chi connectivity index (χ0v) is 22.9. The lowest BCUT2D eigenvalue weighted by molar-refractivity contribution is -0.138. The van der Waals surface area contributed by atoms with Crippen LogP contribution in [0.3, 0.4) is 0 Å². The van der Waals surface area contributed by atoms with Crippen LogP contribution in [0.2, 0.25) is 0 Å². The van der Waals surface area contributed by atoms with Crippen molar-refractivity contribution >= 4 is 40.8 Å². The molecule has 1 unspecified atom stereocenters. The van der Waals surface area contributed by atoms with Gasteiger partial charge in [-0.15, -0.1) is 0 Å². The second kappa shape index (κ2) is 11.3. The highest BCUT2D eigenvalue weighted by Gasteiger charge is 2.35. The molecule has 5 aromatic rings. The number of thiazole rings is 1. The van der Waals surface area contributed by atoms with Crippen molar-refractivity contribution in [3.63, 3.8) is 0 Å². The molecule has 0 radical (unpaired) electrons. The minimum atomic E-state index is -0.716. The predicted molar refractivity (Wildman–Crippen MR) is 152 cm³/mol. The van der Waals surface area contributed by atoms with E-state index in [0.29, 0.717) is 36.6 Å². The van der Waals surface area contributed by atoms with Gasteiger partial charge in [0.15, 0.2) is 15.1 Å². The van der Waals surface area contributed by atoms with Gasteiger partial charge in [0.1, 0.15) is 5.76 Å². The fraction of sp³-hybridized carbons (Fsp3) is 0.100. The summed E-state index contributed by atoms with van der Waals surface area (Å²) in [7, 11) is 0. The molecule has 0 bridgehead atoms. The van der Waals surface area contributed by atoms with Gasteiger partial charge in [0, 0.05) is 24.0 Å². The standard InChI is InChI=1S/C30H22N4O4S2/c1-2-37-28(36)24-25(19-10-5-3-6-11-19)33-30-34(26(24)20-12-7-4-8-13-20)27(35)22(39-30)18-21-14-15-23(38-21)40-29-31-16-9-17-32-29/h3-18,26H,2H2,1H3/b22-18+. The molecule has 0 amide bonds. The maximum absolute atomic E-state index is 13.9. The SMILES string of the molecule is CCOC(=O)C1=C(c2ccccc2)N=c2s/c(=C/c3ccc(Sc4ncccn4)o3)c(=O)n2C1c1ccccc1. The number of ether oxygens (including phenoxy) is 1. The van der Waals surface area contributed by atoms with E-state index < -0.39 is 12.0 Å². The number of rotatable bonds is 7. The lowest BCUT2D eigenvalue weighted by Gasteiger charge is -2.25. The number of furan rings is 1. The maximum Gasteiger partial charge on any atom is 0.338 e. The highest BCUT2D eigenvalue weighted by molar-refractivity contribution is 7.99. The Hall–Kier alpha value is -4.54. The highest BCUT2D eigenvalue weighted by Crippen LogP contribution is 2.35. The Bertz CT molecular complexity index is 1880. The molecule has 40 heavy (non-hydrogen) atoms. The second-order valence-electron chi connectivity index (χ2n) is 8.63. The predicted octanol–water partition coefficient (Wildman–Crippen LogP) is 4.47. The van der Waals surface area contributed by atoms with E-state index in [1.54, 1.807) is 42.1 Å². The average molecular weight is 567 g/mol. The summed E-state index contributed by atoms with van der Waals surface area (Å²) in [6, 6.07) is 23.6. The smallest absolute Gasteiger partial charge is 0.338 e. The van der Waals surface area contributed by atoms with Crippen LogP contribution in [0.15, 0.2) is 121 Å². The van der Waals surface area contributed by atoms with E-state index in [2.05, 4.69) is 9.97 Å². The number of aromatic nitrogens is 3. The zero-order valence-electron chi connectivity index (χ0n) is 21.3. The van der Waals surface area contributed by atoms with Crippen LogP contribution in [-0.2, 0) is 9.53 Å². The second-order valence-corrected chi connectivity index (χ2v) is 10.6. The Morgan fingerprint density at radius 2 is 1.75 bits per heavy atom. The van der Waals surface area contributed by atoms with Gasteiger partial charge in [0.25, 0.3) is 5.56 Å². The van der Waals surface area contributed by atoms with Crippen molar-refractivity contribution in [1.82, 2.24) is 14.5 Å². The van der Waals surface area contributed by atoms with E-state index in [9.17, 15) is 9.59 Å². The van der Waals surface area contributed by atoms with Crippen molar-refractivity contribution < 1.29 is 13.9 Å². The first kappa shape index (κ1) is 25.7. The molecule has 0 fully saturated rings. The van der Waals surface area contributed by atoms with Crippen LogP contribution in [0.25, 0.3) is 11.8 Å². The molecular weight excluding hydrogens is 544 g/mol. The summed E-state index contributed by atoms with van der Waals surface area (Å²) in [4.78, 5) is 41.1. The van der Waals surface area contributed by atoms with Crippen LogP contribution >= 0.6 is 23.1 Å². The molecule has 0 saturated heterocycles. The molecule has 198 valence electrons. The van der Waals surface area contributed by atoms with Gasteiger partial charge in [0.2, 0.25) is 0 Å². The number of benzene rings is 2.